The van der Waals surface area contributed by atoms with E-state index in [4.69, 9.17) is 10.8 Å². The maximum Gasteiger partial charge on any atom is 0.251 e. The van der Waals surface area contributed by atoms with Gasteiger partial charge in [-0.3, -0.25) is 14.5 Å². The Kier molecular flexibility index (Phi) is 8.75. The third-order valence-electron chi connectivity index (χ3n) is 5.92. The summed E-state index contributed by atoms with van der Waals surface area (Å²) in [7, 11) is 4.28. The van der Waals surface area contributed by atoms with Crippen LogP contribution >= 0.6 is 0 Å². The SMILES string of the molecule is CN(C)[C@@H]1CCN(Cc2ccc(C#Cc3ccc(C(=O)N[C@@H](CN)C(=O)CO)cc3)cc2)C1. The number of nitrogens with two attached hydrogens (primary N) is 1. The van der Waals surface area contributed by atoms with Crippen molar-refractivity contribution in [3.63, 3.8) is 0 Å². The highest BCUT2D eigenvalue weighted by Gasteiger charge is 2.23. The molecule has 2 aromatic carbocycles. The fourth-order valence-electron chi connectivity index (χ4n) is 3.80. The smallest absolute Gasteiger partial charge is 0.251 e. The van der Waals surface area contributed by atoms with Crippen LogP contribution in [0.2, 0.25) is 0 Å². The largest absolute Gasteiger partial charge is 0.388 e. The lowest BCUT2D eigenvalue weighted by Crippen LogP contribution is -2.46. The Balaban J connectivity index is 1.55. The number of Topliss-reactive ketones (excluding diaryl/α,β-unsaturated/α-hetero) is 1. The quantitative estimate of drug-likeness (QED) is 0.518. The van der Waals surface area contributed by atoms with E-state index in [0.717, 1.165) is 30.8 Å². The van der Waals surface area contributed by atoms with Crippen LogP contribution in [0.1, 0.15) is 33.5 Å². The van der Waals surface area contributed by atoms with Crippen molar-refractivity contribution in [3.8, 4) is 11.8 Å². The molecule has 0 aromatic heterocycles. The monoisotopic (exact) mass is 448 g/mol. The number of hydrogen-bond acceptors (Lipinski definition) is 6. The molecule has 2 aromatic rings. The van der Waals surface area contributed by atoms with Crippen molar-refractivity contribution < 1.29 is 14.7 Å². The van der Waals surface area contributed by atoms with E-state index in [1.165, 1.54) is 12.0 Å². The molecule has 1 fully saturated rings. The molecule has 0 spiro atoms. The van der Waals surface area contributed by atoms with Crippen LogP contribution in [0, 0.1) is 11.8 Å². The van der Waals surface area contributed by atoms with Crippen molar-refractivity contribution in [3.05, 3.63) is 70.8 Å². The van der Waals surface area contributed by atoms with Gasteiger partial charge in [0, 0.05) is 48.9 Å². The first kappa shape index (κ1) is 24.6. The summed E-state index contributed by atoms with van der Waals surface area (Å²) in [5.74, 6) is 5.33. The first-order valence-electron chi connectivity index (χ1n) is 11.1. The van der Waals surface area contributed by atoms with Crippen molar-refractivity contribution in [2.24, 2.45) is 5.73 Å². The van der Waals surface area contributed by atoms with E-state index < -0.39 is 24.3 Å². The molecule has 1 heterocycles. The van der Waals surface area contributed by atoms with Gasteiger partial charge in [-0.2, -0.15) is 0 Å². The number of aliphatic hydroxyl groups excluding tert-OH is 1. The molecule has 7 heteroatoms. The van der Waals surface area contributed by atoms with Crippen molar-refractivity contribution in [1.82, 2.24) is 15.1 Å². The number of carbonyl (C=O) groups is 2. The number of nitrogens with one attached hydrogen (secondary N) is 1. The molecule has 174 valence electrons. The summed E-state index contributed by atoms with van der Waals surface area (Å²) in [6.07, 6.45) is 1.21. The Labute approximate surface area is 195 Å². The van der Waals surface area contributed by atoms with Crippen molar-refractivity contribution >= 4 is 11.7 Å². The average Bonchev–Trinajstić information content (AvgIpc) is 3.30. The summed E-state index contributed by atoms with van der Waals surface area (Å²) in [6, 6.07) is 14.9. The fraction of sp³-hybridized carbons (Fsp3) is 0.385. The van der Waals surface area contributed by atoms with Gasteiger partial charge >= 0.3 is 0 Å². The van der Waals surface area contributed by atoms with Gasteiger partial charge < -0.3 is 21.1 Å². The number of nitrogens with zero attached hydrogens (tertiary/aromatic N) is 2. The molecule has 33 heavy (non-hydrogen) atoms. The highest BCUT2D eigenvalue weighted by molar-refractivity contribution is 5.98. The molecule has 2 atom stereocenters. The van der Waals surface area contributed by atoms with Crippen molar-refractivity contribution in [1.29, 1.82) is 0 Å². The molecular weight excluding hydrogens is 416 g/mol. The van der Waals surface area contributed by atoms with E-state index >= 15 is 0 Å². The second-order valence-electron chi connectivity index (χ2n) is 8.55. The fourth-order valence-corrected chi connectivity index (χ4v) is 3.80. The van der Waals surface area contributed by atoms with Crippen molar-refractivity contribution in [2.45, 2.75) is 25.0 Å². The summed E-state index contributed by atoms with van der Waals surface area (Å²) in [4.78, 5) is 28.6. The number of likely N-dealkylation sites (tertiary alicyclic amines) is 1. The summed E-state index contributed by atoms with van der Waals surface area (Å²) < 4.78 is 0. The molecule has 7 nitrogen and oxygen atoms in total. The number of hydrogen-bond donors (Lipinski definition) is 3. The van der Waals surface area contributed by atoms with E-state index in [1.54, 1.807) is 24.3 Å². The highest BCUT2D eigenvalue weighted by Crippen LogP contribution is 2.16. The lowest BCUT2D eigenvalue weighted by Gasteiger charge is -2.20. The molecule has 1 amide bonds. The topological polar surface area (TPSA) is 98.9 Å². The van der Waals surface area contributed by atoms with Crippen LogP contribution in [0.4, 0.5) is 0 Å². The van der Waals surface area contributed by atoms with Gasteiger partial charge in [-0.1, -0.05) is 24.0 Å². The molecule has 3 rings (SSSR count). The van der Waals surface area contributed by atoms with Crippen LogP contribution in [-0.2, 0) is 11.3 Å². The molecule has 1 aliphatic rings. The van der Waals surface area contributed by atoms with Gasteiger partial charge in [-0.25, -0.2) is 0 Å². The second kappa shape index (κ2) is 11.7. The van der Waals surface area contributed by atoms with Gasteiger partial charge in [0.1, 0.15) is 12.6 Å². The number of ketones is 1. The first-order valence-corrected chi connectivity index (χ1v) is 11.1. The van der Waals surface area contributed by atoms with Crippen molar-refractivity contribution in [2.75, 3.05) is 40.3 Å². The highest BCUT2D eigenvalue weighted by atomic mass is 16.3. The standard InChI is InChI=1S/C26H32N4O3/c1-29(2)23-13-14-30(17-23)16-21-7-5-19(6-8-21)3-4-20-9-11-22(12-10-20)26(33)28-24(15-27)25(32)18-31/h5-12,23-24,31H,13-18,27H2,1-2H3,(H,28,33)/t23-,24+/m1/s1. The summed E-state index contributed by atoms with van der Waals surface area (Å²) in [5, 5.41) is 11.5. The van der Waals surface area contributed by atoms with E-state index in [-0.39, 0.29) is 6.54 Å². The summed E-state index contributed by atoms with van der Waals surface area (Å²) in [5.41, 5.74) is 8.88. The van der Waals surface area contributed by atoms with Gasteiger partial charge in [0.15, 0.2) is 5.78 Å². The number of rotatable bonds is 8. The molecule has 4 N–H and O–H groups in total. The lowest BCUT2D eigenvalue weighted by atomic mass is 10.1. The molecule has 0 unspecified atom stereocenters. The maximum atomic E-state index is 12.3. The minimum Gasteiger partial charge on any atom is -0.388 e. The normalized spacial score (nSPS) is 16.8. The number of benzene rings is 2. The van der Waals surface area contributed by atoms with E-state index in [2.05, 4.69) is 53.2 Å². The van der Waals surface area contributed by atoms with Crippen LogP contribution in [0.3, 0.4) is 0 Å². The first-order chi connectivity index (χ1) is 15.9. The number of carbonyl (C=O) groups excluding carboxylic acids is 2. The predicted octanol–water partition coefficient (Wildman–Crippen LogP) is 0.841. The Bertz CT molecular complexity index is 1010. The molecule has 0 aliphatic carbocycles. The van der Waals surface area contributed by atoms with Crippen LogP contribution in [0.25, 0.3) is 0 Å². The van der Waals surface area contributed by atoms with Gasteiger partial charge in [0.2, 0.25) is 0 Å². The van der Waals surface area contributed by atoms with E-state index in [9.17, 15) is 9.59 Å². The van der Waals surface area contributed by atoms with Crippen LogP contribution in [0.15, 0.2) is 48.5 Å². The Hall–Kier alpha value is -3.02. The van der Waals surface area contributed by atoms with Gasteiger partial charge in [-0.15, -0.1) is 0 Å². The molecular formula is C26H32N4O3. The zero-order valence-electron chi connectivity index (χ0n) is 19.3. The Morgan fingerprint density at radius 2 is 1.73 bits per heavy atom. The number of amides is 1. The molecule has 0 bridgehead atoms. The Morgan fingerprint density at radius 1 is 1.12 bits per heavy atom. The third kappa shape index (κ3) is 6.98. The second-order valence-corrected chi connectivity index (χ2v) is 8.55. The maximum absolute atomic E-state index is 12.3. The van der Waals surface area contributed by atoms with Crippen LogP contribution in [-0.4, -0.2) is 79.0 Å². The molecule has 1 aliphatic heterocycles. The summed E-state index contributed by atoms with van der Waals surface area (Å²) >= 11 is 0. The zero-order chi connectivity index (χ0) is 23.8. The molecule has 1 saturated heterocycles. The molecule has 0 radical (unpaired) electrons. The van der Waals surface area contributed by atoms with Crippen LogP contribution < -0.4 is 11.1 Å². The Morgan fingerprint density at radius 3 is 2.24 bits per heavy atom. The molecule has 0 saturated carbocycles. The van der Waals surface area contributed by atoms with Gasteiger partial charge in [-0.05, 0) is 62.5 Å². The average molecular weight is 449 g/mol. The number of aliphatic hydroxyl groups is 1. The summed E-state index contributed by atoms with van der Waals surface area (Å²) in [6.45, 7) is 2.46. The number of likely N-dealkylation sites (N-methyl/N-ethyl adjacent to an activating group) is 1. The van der Waals surface area contributed by atoms with E-state index in [1.807, 2.05) is 12.1 Å². The van der Waals surface area contributed by atoms with Gasteiger partial charge in [0.25, 0.3) is 5.91 Å². The lowest BCUT2D eigenvalue weighted by molar-refractivity contribution is -0.123. The predicted molar refractivity (Wildman–Crippen MR) is 129 cm³/mol. The minimum atomic E-state index is -0.898. The third-order valence-corrected chi connectivity index (χ3v) is 5.92. The van der Waals surface area contributed by atoms with Gasteiger partial charge in [0.05, 0.1) is 0 Å². The minimum absolute atomic E-state index is 0.0673. The van der Waals surface area contributed by atoms with E-state index in [0.29, 0.717) is 11.6 Å². The zero-order valence-corrected chi connectivity index (χ0v) is 19.3. The van der Waals surface area contributed by atoms with Crippen LogP contribution in [0.5, 0.6) is 0 Å².